The van der Waals surface area contributed by atoms with Gasteiger partial charge in [0.15, 0.2) is 0 Å². The Bertz CT molecular complexity index is 512. The number of aryl methyl sites for hydroxylation is 1. The Kier molecular flexibility index (Phi) is 6.33. The SMILES string of the molecule is CNCCNS(=O)(=O)c1cc(C(N)=O)n(C)c1.Cl. The minimum atomic E-state index is -3.59. The lowest BCUT2D eigenvalue weighted by Gasteiger charge is -2.03. The van der Waals surface area contributed by atoms with Gasteiger partial charge in [0.05, 0.1) is 0 Å². The summed E-state index contributed by atoms with van der Waals surface area (Å²) in [6, 6.07) is 1.25. The van der Waals surface area contributed by atoms with Crippen LogP contribution < -0.4 is 15.8 Å². The molecule has 1 rings (SSSR count). The largest absolute Gasteiger partial charge is 0.364 e. The summed E-state index contributed by atoms with van der Waals surface area (Å²) in [5.41, 5.74) is 5.26. The quantitative estimate of drug-likeness (QED) is 0.588. The predicted octanol–water partition coefficient (Wildman–Crippen LogP) is -0.956. The minimum Gasteiger partial charge on any atom is -0.364 e. The summed E-state index contributed by atoms with van der Waals surface area (Å²) in [6.45, 7) is 0.800. The van der Waals surface area contributed by atoms with Gasteiger partial charge in [-0.05, 0) is 13.1 Å². The molecule has 0 fully saturated rings. The van der Waals surface area contributed by atoms with E-state index in [0.717, 1.165) is 0 Å². The van der Waals surface area contributed by atoms with Gasteiger partial charge in [-0.3, -0.25) is 4.79 Å². The van der Waals surface area contributed by atoms with Crippen LogP contribution in [0.15, 0.2) is 17.2 Å². The zero-order chi connectivity index (χ0) is 13.1. The van der Waals surface area contributed by atoms with Crippen molar-refractivity contribution < 1.29 is 13.2 Å². The third-order valence-electron chi connectivity index (χ3n) is 2.21. The zero-order valence-corrected chi connectivity index (χ0v) is 11.8. The number of amides is 1. The second-order valence-corrected chi connectivity index (χ2v) is 5.30. The molecule has 0 aliphatic carbocycles. The summed E-state index contributed by atoms with van der Waals surface area (Å²) in [4.78, 5) is 11.0. The zero-order valence-electron chi connectivity index (χ0n) is 10.1. The van der Waals surface area contributed by atoms with Crippen LogP contribution in [0.1, 0.15) is 10.5 Å². The number of hydrogen-bond donors (Lipinski definition) is 3. The van der Waals surface area contributed by atoms with Gasteiger partial charge in [-0.2, -0.15) is 0 Å². The normalized spacial score (nSPS) is 11.0. The molecule has 7 nitrogen and oxygen atoms in total. The van der Waals surface area contributed by atoms with Gasteiger partial charge in [-0.15, -0.1) is 12.4 Å². The van der Waals surface area contributed by atoms with Crippen molar-refractivity contribution in [3.8, 4) is 0 Å². The molecule has 0 saturated carbocycles. The topological polar surface area (TPSA) is 106 Å². The number of nitrogens with one attached hydrogen (secondary N) is 2. The van der Waals surface area contributed by atoms with Crippen molar-refractivity contribution in [1.82, 2.24) is 14.6 Å². The summed E-state index contributed by atoms with van der Waals surface area (Å²) >= 11 is 0. The Labute approximate surface area is 112 Å². The monoisotopic (exact) mass is 296 g/mol. The highest BCUT2D eigenvalue weighted by Gasteiger charge is 2.18. The highest BCUT2D eigenvalue weighted by molar-refractivity contribution is 7.89. The summed E-state index contributed by atoms with van der Waals surface area (Å²) in [7, 11) is -0.300. The van der Waals surface area contributed by atoms with E-state index in [1.54, 1.807) is 14.1 Å². The molecule has 0 spiro atoms. The number of primary amides is 1. The fraction of sp³-hybridized carbons (Fsp3) is 0.444. The van der Waals surface area contributed by atoms with Crippen molar-refractivity contribution in [2.45, 2.75) is 4.90 Å². The van der Waals surface area contributed by atoms with Crippen LogP contribution in [0, 0.1) is 0 Å². The Morgan fingerprint density at radius 3 is 2.50 bits per heavy atom. The van der Waals surface area contributed by atoms with E-state index in [1.807, 2.05) is 0 Å². The number of carbonyl (C=O) groups excluding carboxylic acids is 1. The maximum absolute atomic E-state index is 11.8. The van der Waals surface area contributed by atoms with Crippen molar-refractivity contribution in [2.24, 2.45) is 12.8 Å². The smallest absolute Gasteiger partial charge is 0.265 e. The Morgan fingerprint density at radius 2 is 2.06 bits per heavy atom. The molecule has 0 saturated heterocycles. The number of carbonyl (C=O) groups is 1. The molecule has 0 aliphatic rings. The Morgan fingerprint density at radius 1 is 1.44 bits per heavy atom. The molecule has 1 aromatic heterocycles. The summed E-state index contributed by atoms with van der Waals surface area (Å²) in [6.07, 6.45) is 1.35. The van der Waals surface area contributed by atoms with Crippen molar-refractivity contribution in [3.63, 3.8) is 0 Å². The first-order valence-corrected chi connectivity index (χ1v) is 6.47. The van der Waals surface area contributed by atoms with E-state index in [9.17, 15) is 13.2 Å². The van der Waals surface area contributed by atoms with E-state index >= 15 is 0 Å². The molecule has 0 radical (unpaired) electrons. The highest BCUT2D eigenvalue weighted by Crippen LogP contribution is 2.12. The maximum Gasteiger partial charge on any atom is 0.265 e. The van der Waals surface area contributed by atoms with Gasteiger partial charge in [0, 0.05) is 26.3 Å². The molecular weight excluding hydrogens is 280 g/mol. The lowest BCUT2D eigenvalue weighted by atomic mass is 10.4. The lowest BCUT2D eigenvalue weighted by Crippen LogP contribution is -2.30. The number of hydrogen-bond acceptors (Lipinski definition) is 4. The molecule has 0 unspecified atom stereocenters. The molecule has 4 N–H and O–H groups in total. The first kappa shape index (κ1) is 16.9. The van der Waals surface area contributed by atoms with Crippen molar-refractivity contribution in [1.29, 1.82) is 0 Å². The van der Waals surface area contributed by atoms with E-state index in [0.29, 0.717) is 6.54 Å². The summed E-state index contributed by atoms with van der Waals surface area (Å²) in [5, 5.41) is 2.82. The number of aromatic nitrogens is 1. The standard InChI is InChI=1S/C9H16N4O3S.ClH/c1-11-3-4-12-17(15,16)7-5-8(9(10)14)13(2)6-7;/h5-6,11-12H,3-4H2,1-2H3,(H2,10,14);1H. The van der Waals surface area contributed by atoms with Crippen LogP contribution in [-0.2, 0) is 17.1 Å². The number of nitrogens with zero attached hydrogens (tertiary/aromatic N) is 1. The molecular formula is C9H17ClN4O3S. The van der Waals surface area contributed by atoms with Crippen molar-refractivity contribution in [2.75, 3.05) is 20.1 Å². The second-order valence-electron chi connectivity index (χ2n) is 3.54. The average Bonchev–Trinajstić information content (AvgIpc) is 2.61. The van der Waals surface area contributed by atoms with Crippen LogP contribution in [-0.4, -0.2) is 39.0 Å². The third-order valence-corrected chi connectivity index (χ3v) is 3.64. The van der Waals surface area contributed by atoms with Crippen LogP contribution in [0.25, 0.3) is 0 Å². The van der Waals surface area contributed by atoms with Gasteiger partial charge in [-0.25, -0.2) is 13.1 Å². The van der Waals surface area contributed by atoms with Gasteiger partial charge in [0.25, 0.3) is 5.91 Å². The lowest BCUT2D eigenvalue weighted by molar-refractivity contribution is 0.0992. The molecule has 18 heavy (non-hydrogen) atoms. The van der Waals surface area contributed by atoms with Gasteiger partial charge >= 0.3 is 0 Å². The number of sulfonamides is 1. The summed E-state index contributed by atoms with van der Waals surface area (Å²) in [5.74, 6) is -0.663. The van der Waals surface area contributed by atoms with Crippen LogP contribution in [0.2, 0.25) is 0 Å². The van der Waals surface area contributed by atoms with E-state index in [1.165, 1.54) is 16.8 Å². The number of halogens is 1. The number of nitrogens with two attached hydrogens (primary N) is 1. The van der Waals surface area contributed by atoms with Crippen molar-refractivity contribution >= 4 is 28.3 Å². The fourth-order valence-electron chi connectivity index (χ4n) is 1.32. The van der Waals surface area contributed by atoms with Gasteiger partial charge in [0.1, 0.15) is 10.6 Å². The Balaban J connectivity index is 0.00000289. The molecule has 1 amide bonds. The van der Waals surface area contributed by atoms with E-state index in [-0.39, 0.29) is 29.5 Å². The Hall–Kier alpha value is -1.09. The predicted molar refractivity (Wildman–Crippen MR) is 70.3 cm³/mol. The molecule has 104 valence electrons. The van der Waals surface area contributed by atoms with Crippen molar-refractivity contribution in [3.05, 3.63) is 18.0 Å². The van der Waals surface area contributed by atoms with Crippen LogP contribution >= 0.6 is 12.4 Å². The number of likely N-dealkylation sites (N-methyl/N-ethyl adjacent to an activating group) is 1. The van der Waals surface area contributed by atoms with Gasteiger partial charge in [0.2, 0.25) is 10.0 Å². The molecule has 1 aromatic rings. The molecule has 0 aromatic carbocycles. The van der Waals surface area contributed by atoms with Gasteiger partial charge in [-0.1, -0.05) is 0 Å². The average molecular weight is 297 g/mol. The van der Waals surface area contributed by atoms with E-state index in [4.69, 9.17) is 5.73 Å². The highest BCUT2D eigenvalue weighted by atomic mass is 35.5. The number of rotatable bonds is 6. The minimum absolute atomic E-state index is 0. The maximum atomic E-state index is 11.8. The fourth-order valence-corrected chi connectivity index (χ4v) is 2.42. The molecule has 0 bridgehead atoms. The first-order chi connectivity index (χ1) is 7.88. The van der Waals surface area contributed by atoms with E-state index in [2.05, 4.69) is 10.0 Å². The first-order valence-electron chi connectivity index (χ1n) is 4.99. The third kappa shape index (κ3) is 3.98. The summed E-state index contributed by atoms with van der Waals surface area (Å²) < 4.78 is 27.4. The second kappa shape index (κ2) is 6.74. The molecule has 1 heterocycles. The molecule has 0 atom stereocenters. The van der Waals surface area contributed by atoms with E-state index < -0.39 is 15.9 Å². The molecule has 9 heteroatoms. The van der Waals surface area contributed by atoms with Crippen LogP contribution in [0.4, 0.5) is 0 Å². The van der Waals surface area contributed by atoms with Crippen LogP contribution in [0.3, 0.4) is 0 Å². The van der Waals surface area contributed by atoms with Gasteiger partial charge < -0.3 is 15.6 Å². The molecule has 0 aliphatic heterocycles. The van der Waals surface area contributed by atoms with Crippen LogP contribution in [0.5, 0.6) is 0 Å².